The molecule has 154 valence electrons. The first-order valence-electron chi connectivity index (χ1n) is 9.46. The van der Waals surface area contributed by atoms with Gasteiger partial charge in [0.05, 0.1) is 24.2 Å². The SMILES string of the molecule is COc1cc(Cl)ccc1NC(=O)C1(C)CCCn2c1nc(-c1ccncn1)cc2=O. The third-order valence-corrected chi connectivity index (χ3v) is 5.55. The fraction of sp³-hybridized carbons (Fsp3) is 0.286. The average molecular weight is 426 g/mol. The molecule has 1 amide bonds. The number of methoxy groups -OCH3 is 1. The van der Waals surface area contributed by atoms with Crippen LogP contribution in [-0.2, 0) is 16.8 Å². The van der Waals surface area contributed by atoms with E-state index in [-0.39, 0.29) is 11.5 Å². The fourth-order valence-electron chi connectivity index (χ4n) is 3.66. The smallest absolute Gasteiger partial charge is 0.254 e. The normalized spacial score (nSPS) is 17.8. The van der Waals surface area contributed by atoms with Crippen molar-refractivity contribution in [2.24, 2.45) is 0 Å². The number of hydrogen-bond acceptors (Lipinski definition) is 6. The van der Waals surface area contributed by atoms with Crippen LogP contribution in [0.1, 0.15) is 25.6 Å². The van der Waals surface area contributed by atoms with E-state index in [1.54, 1.807) is 42.0 Å². The van der Waals surface area contributed by atoms with Gasteiger partial charge in [-0.25, -0.2) is 15.0 Å². The van der Waals surface area contributed by atoms with Crippen molar-refractivity contribution in [1.29, 1.82) is 0 Å². The van der Waals surface area contributed by atoms with Crippen LogP contribution in [0.15, 0.2) is 47.7 Å². The largest absolute Gasteiger partial charge is 0.495 e. The molecule has 0 fully saturated rings. The Morgan fingerprint density at radius 3 is 2.83 bits per heavy atom. The van der Waals surface area contributed by atoms with Crippen molar-refractivity contribution in [3.05, 3.63) is 64.1 Å². The summed E-state index contributed by atoms with van der Waals surface area (Å²) in [5, 5.41) is 3.42. The third kappa shape index (κ3) is 3.54. The number of ether oxygens (including phenoxy) is 1. The van der Waals surface area contributed by atoms with Crippen molar-refractivity contribution >= 4 is 23.2 Å². The summed E-state index contributed by atoms with van der Waals surface area (Å²) in [7, 11) is 1.51. The van der Waals surface area contributed by atoms with Crippen molar-refractivity contribution in [3.8, 4) is 17.1 Å². The number of aromatic nitrogens is 4. The standard InChI is InChI=1S/C21H20ClN5O3/c1-21(20(29)26-15-5-4-13(22)10-17(15)30-2)7-3-9-27-18(28)11-16(25-19(21)27)14-6-8-23-12-24-14/h4-6,8,10-12H,3,7,9H2,1-2H3,(H,26,29). The van der Waals surface area contributed by atoms with Gasteiger partial charge in [-0.05, 0) is 38.0 Å². The molecule has 0 saturated heterocycles. The van der Waals surface area contributed by atoms with E-state index in [4.69, 9.17) is 16.3 Å². The van der Waals surface area contributed by atoms with Crippen LogP contribution in [0.4, 0.5) is 5.69 Å². The van der Waals surface area contributed by atoms with Crippen molar-refractivity contribution in [2.45, 2.75) is 31.7 Å². The lowest BCUT2D eigenvalue weighted by Crippen LogP contribution is -2.46. The van der Waals surface area contributed by atoms with Gasteiger partial charge in [0.25, 0.3) is 5.56 Å². The predicted molar refractivity (Wildman–Crippen MR) is 113 cm³/mol. The number of halogens is 1. The Morgan fingerprint density at radius 2 is 2.10 bits per heavy atom. The van der Waals surface area contributed by atoms with E-state index in [0.717, 1.165) is 0 Å². The topological polar surface area (TPSA) is 99.0 Å². The van der Waals surface area contributed by atoms with Crippen LogP contribution in [0.2, 0.25) is 5.02 Å². The highest BCUT2D eigenvalue weighted by molar-refractivity contribution is 6.30. The molecule has 0 saturated carbocycles. The second kappa shape index (κ2) is 7.87. The lowest BCUT2D eigenvalue weighted by Gasteiger charge is -2.34. The summed E-state index contributed by atoms with van der Waals surface area (Å²) in [5.41, 5.74) is 0.221. The first kappa shape index (κ1) is 20.0. The highest BCUT2D eigenvalue weighted by Crippen LogP contribution is 2.35. The molecule has 30 heavy (non-hydrogen) atoms. The van der Waals surface area contributed by atoms with Crippen LogP contribution < -0.4 is 15.6 Å². The lowest BCUT2D eigenvalue weighted by molar-refractivity contribution is -0.122. The molecule has 3 aromatic rings. The number of benzene rings is 1. The molecule has 1 aliphatic heterocycles. The highest BCUT2D eigenvalue weighted by atomic mass is 35.5. The third-order valence-electron chi connectivity index (χ3n) is 5.32. The monoisotopic (exact) mass is 425 g/mol. The average Bonchev–Trinajstić information content (AvgIpc) is 2.76. The molecule has 0 bridgehead atoms. The van der Waals surface area contributed by atoms with Gasteiger partial charge in [0, 0.05) is 29.9 Å². The summed E-state index contributed by atoms with van der Waals surface area (Å²) in [6.07, 6.45) is 4.21. The minimum Gasteiger partial charge on any atom is -0.495 e. The maximum absolute atomic E-state index is 13.4. The second-order valence-electron chi connectivity index (χ2n) is 7.28. The quantitative estimate of drug-likeness (QED) is 0.689. The highest BCUT2D eigenvalue weighted by Gasteiger charge is 2.42. The number of anilines is 1. The zero-order valence-corrected chi connectivity index (χ0v) is 17.3. The Hall–Kier alpha value is -3.26. The van der Waals surface area contributed by atoms with Gasteiger partial charge in [-0.2, -0.15) is 0 Å². The Bertz CT molecular complexity index is 1170. The zero-order valence-electron chi connectivity index (χ0n) is 16.6. The molecule has 1 atom stereocenters. The summed E-state index contributed by atoms with van der Waals surface area (Å²) < 4.78 is 6.89. The van der Waals surface area contributed by atoms with E-state index in [2.05, 4.69) is 20.3 Å². The molecule has 0 aliphatic carbocycles. The maximum Gasteiger partial charge on any atom is 0.254 e. The molecule has 9 heteroatoms. The number of nitrogens with one attached hydrogen (secondary N) is 1. The van der Waals surface area contributed by atoms with E-state index in [1.807, 2.05) is 0 Å². The molecule has 1 N–H and O–H groups in total. The Balaban J connectivity index is 1.76. The molecule has 3 heterocycles. The van der Waals surface area contributed by atoms with Crippen molar-refractivity contribution in [1.82, 2.24) is 19.5 Å². The number of rotatable bonds is 4. The zero-order chi connectivity index (χ0) is 21.3. The van der Waals surface area contributed by atoms with Crippen LogP contribution in [0.25, 0.3) is 11.4 Å². The summed E-state index contributed by atoms with van der Waals surface area (Å²) in [6.45, 7) is 2.31. The number of hydrogen-bond donors (Lipinski definition) is 1. The Kier molecular flexibility index (Phi) is 5.26. The first-order valence-corrected chi connectivity index (χ1v) is 9.84. The molecular weight excluding hydrogens is 406 g/mol. The molecule has 0 radical (unpaired) electrons. The van der Waals surface area contributed by atoms with Gasteiger partial charge in [-0.3, -0.25) is 14.2 Å². The van der Waals surface area contributed by atoms with Gasteiger partial charge in [0.15, 0.2) is 0 Å². The summed E-state index contributed by atoms with van der Waals surface area (Å²) in [5.74, 6) is 0.596. The minimum atomic E-state index is -1.01. The van der Waals surface area contributed by atoms with Crippen LogP contribution >= 0.6 is 11.6 Å². The number of nitrogens with zero attached hydrogens (tertiary/aromatic N) is 4. The predicted octanol–water partition coefficient (Wildman–Crippen LogP) is 3.05. The number of fused-ring (bicyclic) bond motifs is 1. The molecule has 1 aromatic carbocycles. The molecule has 2 aromatic heterocycles. The molecule has 1 unspecified atom stereocenters. The summed E-state index contributed by atoms with van der Waals surface area (Å²) >= 11 is 6.02. The molecule has 8 nitrogen and oxygen atoms in total. The van der Waals surface area contributed by atoms with Gasteiger partial charge in [0.1, 0.15) is 23.3 Å². The van der Waals surface area contributed by atoms with Crippen LogP contribution in [0, 0.1) is 0 Å². The van der Waals surface area contributed by atoms with E-state index in [0.29, 0.717) is 53.1 Å². The molecule has 0 spiro atoms. The first-order chi connectivity index (χ1) is 14.4. The second-order valence-corrected chi connectivity index (χ2v) is 7.72. The van der Waals surface area contributed by atoms with Crippen molar-refractivity contribution in [2.75, 3.05) is 12.4 Å². The van der Waals surface area contributed by atoms with Gasteiger partial charge >= 0.3 is 0 Å². The minimum absolute atomic E-state index is 0.212. The number of carbonyl (C=O) groups excluding carboxylic acids is 1. The molecular formula is C21H20ClN5O3. The van der Waals surface area contributed by atoms with Gasteiger partial charge < -0.3 is 10.1 Å². The number of amides is 1. The fourth-order valence-corrected chi connectivity index (χ4v) is 3.83. The van der Waals surface area contributed by atoms with E-state index >= 15 is 0 Å². The Labute approximate surface area is 177 Å². The Morgan fingerprint density at radius 1 is 1.27 bits per heavy atom. The van der Waals surface area contributed by atoms with Gasteiger partial charge in [-0.15, -0.1) is 0 Å². The molecule has 4 rings (SSSR count). The van der Waals surface area contributed by atoms with Crippen LogP contribution in [-0.4, -0.2) is 32.5 Å². The van der Waals surface area contributed by atoms with E-state index in [1.165, 1.54) is 19.5 Å². The van der Waals surface area contributed by atoms with Crippen LogP contribution in [0.5, 0.6) is 5.75 Å². The van der Waals surface area contributed by atoms with E-state index < -0.39 is 5.41 Å². The van der Waals surface area contributed by atoms with Crippen LogP contribution in [0.3, 0.4) is 0 Å². The number of carbonyl (C=O) groups is 1. The summed E-state index contributed by atoms with van der Waals surface area (Å²) in [4.78, 5) is 38.9. The van der Waals surface area contributed by atoms with Crippen molar-refractivity contribution < 1.29 is 9.53 Å². The van der Waals surface area contributed by atoms with Gasteiger partial charge in [-0.1, -0.05) is 11.6 Å². The van der Waals surface area contributed by atoms with E-state index in [9.17, 15) is 9.59 Å². The molecule has 1 aliphatic rings. The van der Waals surface area contributed by atoms with Gasteiger partial charge in [0.2, 0.25) is 5.91 Å². The lowest BCUT2D eigenvalue weighted by atomic mass is 9.80. The van der Waals surface area contributed by atoms with Crippen molar-refractivity contribution in [3.63, 3.8) is 0 Å². The summed E-state index contributed by atoms with van der Waals surface area (Å²) in [6, 6.07) is 8.11. The maximum atomic E-state index is 13.4.